The van der Waals surface area contributed by atoms with Gasteiger partial charge in [0.25, 0.3) is 0 Å². The summed E-state index contributed by atoms with van der Waals surface area (Å²) in [6, 6.07) is 15.6. The Morgan fingerprint density at radius 2 is 1.31 bits per heavy atom. The van der Waals surface area contributed by atoms with E-state index in [1.165, 1.54) is 55.4 Å². The first kappa shape index (κ1) is 25.4. The van der Waals surface area contributed by atoms with E-state index in [0.717, 1.165) is 16.5 Å². The molecule has 0 atom stereocenters. The van der Waals surface area contributed by atoms with Crippen LogP contribution in [0.15, 0.2) is 58.5 Å². The second-order valence-electron chi connectivity index (χ2n) is 9.28. The molecule has 0 aliphatic rings. The van der Waals surface area contributed by atoms with Gasteiger partial charge in [-0.15, -0.1) is 0 Å². The van der Waals surface area contributed by atoms with Gasteiger partial charge in [-0.1, -0.05) is 0 Å². The van der Waals surface area contributed by atoms with Crippen LogP contribution in [0, 0.1) is 6.92 Å². The van der Waals surface area contributed by atoms with E-state index in [1.54, 1.807) is 12.1 Å². The normalized spacial score (nSPS) is 12.5. The molecule has 2 aromatic carbocycles. The standard InChI is InChI=1S/C15H12NO2S.3C4H9.Sn/c1-11-6-8-13(9-7-11)19(17,18)15-10-12-4-2-3-5-14(12)16-15;3*1-3-4-2;/h2-9,16H,1H3;3*1,3-4H2,2H3;. The van der Waals surface area contributed by atoms with Crippen molar-refractivity contribution >= 4 is 42.7 Å². The molecule has 3 nitrogen and oxygen atoms in total. The van der Waals surface area contributed by atoms with Crippen LogP contribution in [-0.2, 0) is 9.84 Å². The molecule has 0 saturated heterocycles. The molecule has 0 amide bonds. The van der Waals surface area contributed by atoms with Gasteiger partial charge in [-0.05, 0) is 0 Å². The summed E-state index contributed by atoms with van der Waals surface area (Å²) in [5, 5.41) is 1.67. The predicted molar refractivity (Wildman–Crippen MR) is 139 cm³/mol. The number of aromatic nitrogens is 1. The molecular weight excluding hydrogens is 521 g/mol. The summed E-state index contributed by atoms with van der Waals surface area (Å²) in [7, 11) is -3.61. The van der Waals surface area contributed by atoms with Gasteiger partial charge in [-0.3, -0.25) is 0 Å². The van der Waals surface area contributed by atoms with Crippen LogP contribution in [-0.4, -0.2) is 31.8 Å². The van der Waals surface area contributed by atoms with Gasteiger partial charge in [-0.25, -0.2) is 0 Å². The summed E-state index contributed by atoms with van der Waals surface area (Å²) in [6.45, 7) is 8.77. The minimum atomic E-state index is -3.61. The SMILES string of the molecule is CCC[CH2][Sn]([CH2]CCC)([CH2]CCC)[c]1c(S(=O)(=O)c2ccc(C)cc2)[nH]c2ccccc12. The summed E-state index contributed by atoms with van der Waals surface area (Å²) < 4.78 is 33.0. The Bertz CT molecular complexity index is 1090. The Labute approximate surface area is 198 Å². The minimum absolute atomic E-state index is 0.401. The van der Waals surface area contributed by atoms with Crippen LogP contribution >= 0.6 is 0 Å². The Morgan fingerprint density at radius 1 is 0.781 bits per heavy atom. The van der Waals surface area contributed by atoms with Crippen molar-refractivity contribution in [3.63, 3.8) is 0 Å². The molecule has 3 rings (SSSR count). The number of nitrogens with one attached hydrogen (secondary N) is 1. The molecule has 0 fully saturated rings. The van der Waals surface area contributed by atoms with Crippen molar-refractivity contribution in [1.29, 1.82) is 0 Å². The molecule has 174 valence electrons. The first-order valence-electron chi connectivity index (χ1n) is 12.3. The van der Waals surface area contributed by atoms with Crippen molar-refractivity contribution in [2.24, 2.45) is 0 Å². The van der Waals surface area contributed by atoms with E-state index >= 15 is 0 Å². The summed E-state index contributed by atoms with van der Waals surface area (Å²) in [6.07, 6.45) is 7.10. The van der Waals surface area contributed by atoms with Crippen LogP contribution in [0.1, 0.15) is 64.9 Å². The number of benzene rings is 2. The van der Waals surface area contributed by atoms with E-state index in [0.29, 0.717) is 9.92 Å². The third kappa shape index (κ3) is 5.27. The van der Waals surface area contributed by atoms with Crippen molar-refractivity contribution in [3.8, 4) is 0 Å². The molecule has 1 heterocycles. The van der Waals surface area contributed by atoms with Crippen LogP contribution in [0.2, 0.25) is 13.3 Å². The molecule has 1 N–H and O–H groups in total. The van der Waals surface area contributed by atoms with Crippen molar-refractivity contribution in [3.05, 3.63) is 54.1 Å². The van der Waals surface area contributed by atoms with Crippen molar-refractivity contribution in [1.82, 2.24) is 4.98 Å². The molecule has 0 saturated carbocycles. The molecule has 0 aliphatic heterocycles. The number of sulfone groups is 1. The van der Waals surface area contributed by atoms with E-state index in [9.17, 15) is 8.42 Å². The molecule has 0 spiro atoms. The van der Waals surface area contributed by atoms with E-state index in [2.05, 4.69) is 37.9 Å². The molecule has 5 heteroatoms. The van der Waals surface area contributed by atoms with Gasteiger partial charge in [0.2, 0.25) is 0 Å². The topological polar surface area (TPSA) is 49.9 Å². The number of para-hydroxylation sites is 1. The second kappa shape index (κ2) is 11.2. The Kier molecular flexibility index (Phi) is 8.90. The fourth-order valence-corrected chi connectivity index (χ4v) is 25.8. The number of hydrogen-bond acceptors (Lipinski definition) is 2. The number of rotatable bonds is 12. The van der Waals surface area contributed by atoms with E-state index in [1.807, 2.05) is 31.2 Å². The van der Waals surface area contributed by atoms with Crippen LogP contribution in [0.4, 0.5) is 0 Å². The van der Waals surface area contributed by atoms with Gasteiger partial charge in [0, 0.05) is 0 Å². The van der Waals surface area contributed by atoms with Gasteiger partial charge < -0.3 is 0 Å². The van der Waals surface area contributed by atoms with Crippen LogP contribution in [0.3, 0.4) is 0 Å². The van der Waals surface area contributed by atoms with Gasteiger partial charge >= 0.3 is 200 Å². The number of unbranched alkanes of at least 4 members (excludes halogenated alkanes) is 3. The monoisotopic (exact) mass is 561 g/mol. The second-order valence-corrected chi connectivity index (χ2v) is 24.2. The number of aryl methyl sites for hydroxylation is 1. The molecule has 3 aromatic rings. The van der Waals surface area contributed by atoms with Gasteiger partial charge in [-0.2, -0.15) is 0 Å². The van der Waals surface area contributed by atoms with E-state index < -0.39 is 28.2 Å². The number of aromatic amines is 1. The zero-order valence-corrected chi connectivity index (χ0v) is 23.9. The molecule has 0 bridgehead atoms. The molecular formula is C27H39NO2SSn. The van der Waals surface area contributed by atoms with Crippen molar-refractivity contribution in [2.45, 2.75) is 89.5 Å². The zero-order chi connectivity index (χ0) is 23.2. The molecule has 1 aromatic heterocycles. The quantitative estimate of drug-likeness (QED) is 0.235. The number of H-pyrrole nitrogens is 1. The van der Waals surface area contributed by atoms with E-state index in [-0.39, 0.29) is 0 Å². The van der Waals surface area contributed by atoms with E-state index in [4.69, 9.17) is 0 Å². The molecule has 0 radical (unpaired) electrons. The fraction of sp³-hybridized carbons (Fsp3) is 0.481. The molecule has 0 aliphatic carbocycles. The summed E-state index contributed by atoms with van der Waals surface area (Å²) in [4.78, 5) is 3.82. The van der Waals surface area contributed by atoms with Gasteiger partial charge in [0.15, 0.2) is 0 Å². The number of hydrogen-bond donors (Lipinski definition) is 1. The third-order valence-electron chi connectivity index (χ3n) is 6.83. The zero-order valence-electron chi connectivity index (χ0n) is 20.2. The Morgan fingerprint density at radius 3 is 1.84 bits per heavy atom. The maximum absolute atomic E-state index is 14.0. The van der Waals surface area contributed by atoms with Gasteiger partial charge in [0.05, 0.1) is 0 Å². The van der Waals surface area contributed by atoms with Crippen molar-refractivity contribution in [2.75, 3.05) is 0 Å². The summed E-state index contributed by atoms with van der Waals surface area (Å²) >= 11 is -3.04. The predicted octanol–water partition coefficient (Wildman–Crippen LogP) is 7.37. The van der Waals surface area contributed by atoms with Crippen LogP contribution < -0.4 is 3.58 Å². The Balaban J connectivity index is 2.31. The summed E-state index contributed by atoms with van der Waals surface area (Å²) in [5.41, 5.74) is 2.04. The maximum atomic E-state index is 14.0. The fourth-order valence-electron chi connectivity index (χ4n) is 4.98. The first-order valence-corrected chi connectivity index (χ1v) is 21.3. The van der Waals surface area contributed by atoms with Crippen molar-refractivity contribution < 1.29 is 8.42 Å². The first-order chi connectivity index (χ1) is 15.4. The van der Waals surface area contributed by atoms with Gasteiger partial charge in [0.1, 0.15) is 0 Å². The average molecular weight is 560 g/mol. The third-order valence-corrected chi connectivity index (χ3v) is 24.8. The molecule has 32 heavy (non-hydrogen) atoms. The Hall–Kier alpha value is -1.27. The summed E-state index contributed by atoms with van der Waals surface area (Å²) in [5.74, 6) is 0. The average Bonchev–Trinajstić information content (AvgIpc) is 3.20. The van der Waals surface area contributed by atoms with Crippen LogP contribution in [0.25, 0.3) is 10.9 Å². The van der Waals surface area contributed by atoms with Crippen LogP contribution in [0.5, 0.6) is 0 Å². The molecule has 0 unspecified atom stereocenters. The number of fused-ring (bicyclic) bond motifs is 1.